The molecular weight excluding hydrogens is 322 g/mol. The van der Waals surface area contributed by atoms with Crippen LogP contribution in [-0.2, 0) is 4.79 Å². The fourth-order valence-corrected chi connectivity index (χ4v) is 2.39. The average molecular weight is 347 g/mol. The molecule has 1 aliphatic rings. The van der Waals surface area contributed by atoms with E-state index in [9.17, 15) is 9.59 Å². The van der Waals surface area contributed by atoms with Gasteiger partial charge in [0.05, 0.1) is 6.26 Å². The molecule has 2 rings (SSSR count). The maximum atomic E-state index is 12.3. The summed E-state index contributed by atoms with van der Waals surface area (Å²) in [5, 5.41) is 3.17. The molecule has 1 saturated heterocycles. The van der Waals surface area contributed by atoms with Gasteiger partial charge in [-0.05, 0) is 12.1 Å². The molecule has 25 heavy (non-hydrogen) atoms. The van der Waals surface area contributed by atoms with Crippen molar-refractivity contribution in [3.05, 3.63) is 36.8 Å². The number of carbonyl (C=O) groups is 2. The molecule has 1 aromatic rings. The summed E-state index contributed by atoms with van der Waals surface area (Å²) in [6, 6.07) is 3.37. The quantitative estimate of drug-likeness (QED) is 0.469. The molecule has 0 atom stereocenters. The van der Waals surface area contributed by atoms with Gasteiger partial charge in [0, 0.05) is 46.8 Å². The smallest absolute Gasteiger partial charge is 0.289 e. The SMILES string of the molecule is C=CCNC(=NCC(=O)N(C)C)N1CCN(C(=O)c2ccco2)CC1. The van der Waals surface area contributed by atoms with Crippen molar-refractivity contribution >= 4 is 17.8 Å². The number of likely N-dealkylation sites (N-methyl/N-ethyl adjacent to an activating group) is 1. The number of aliphatic imine (C=N–C) groups is 1. The van der Waals surface area contributed by atoms with Crippen molar-refractivity contribution in [3.8, 4) is 0 Å². The molecule has 8 nitrogen and oxygen atoms in total. The lowest BCUT2D eigenvalue weighted by Crippen LogP contribution is -2.54. The molecule has 1 aliphatic heterocycles. The van der Waals surface area contributed by atoms with Crippen molar-refractivity contribution in [2.45, 2.75) is 0 Å². The molecule has 1 aromatic heterocycles. The van der Waals surface area contributed by atoms with Crippen LogP contribution in [0.4, 0.5) is 0 Å². The summed E-state index contributed by atoms with van der Waals surface area (Å²) < 4.78 is 5.17. The van der Waals surface area contributed by atoms with Crippen LogP contribution in [0.5, 0.6) is 0 Å². The van der Waals surface area contributed by atoms with Gasteiger partial charge in [0.2, 0.25) is 5.91 Å². The minimum atomic E-state index is -0.107. The number of nitrogens with one attached hydrogen (secondary N) is 1. The van der Waals surface area contributed by atoms with E-state index in [-0.39, 0.29) is 18.4 Å². The molecule has 2 heterocycles. The third kappa shape index (κ3) is 5.10. The fraction of sp³-hybridized carbons (Fsp3) is 0.471. The molecule has 0 unspecified atom stereocenters. The van der Waals surface area contributed by atoms with Gasteiger partial charge in [-0.1, -0.05) is 6.08 Å². The number of hydrogen-bond donors (Lipinski definition) is 1. The van der Waals surface area contributed by atoms with Crippen LogP contribution in [-0.4, -0.2) is 85.8 Å². The predicted molar refractivity (Wildman–Crippen MR) is 95.4 cm³/mol. The van der Waals surface area contributed by atoms with Gasteiger partial charge in [0.25, 0.3) is 5.91 Å². The molecule has 1 fully saturated rings. The van der Waals surface area contributed by atoms with Crippen LogP contribution in [0.3, 0.4) is 0 Å². The second-order valence-electron chi connectivity index (χ2n) is 5.85. The molecule has 0 aliphatic carbocycles. The Hall–Kier alpha value is -2.77. The van der Waals surface area contributed by atoms with Crippen LogP contribution in [0, 0.1) is 0 Å². The number of piperazine rings is 1. The first-order valence-electron chi connectivity index (χ1n) is 8.20. The first-order chi connectivity index (χ1) is 12.0. The second-order valence-corrected chi connectivity index (χ2v) is 5.85. The molecule has 136 valence electrons. The van der Waals surface area contributed by atoms with Gasteiger partial charge in [-0.15, -0.1) is 6.58 Å². The second kappa shape index (κ2) is 8.91. The van der Waals surface area contributed by atoms with Crippen molar-refractivity contribution < 1.29 is 14.0 Å². The number of amides is 2. The molecule has 1 N–H and O–H groups in total. The summed E-state index contributed by atoms with van der Waals surface area (Å²) in [6.45, 7) is 6.72. The molecule has 8 heteroatoms. The molecule has 0 spiro atoms. The van der Waals surface area contributed by atoms with E-state index in [1.807, 2.05) is 4.90 Å². The lowest BCUT2D eigenvalue weighted by Gasteiger charge is -2.36. The van der Waals surface area contributed by atoms with Crippen LogP contribution < -0.4 is 5.32 Å². The van der Waals surface area contributed by atoms with Gasteiger partial charge in [0.1, 0.15) is 6.54 Å². The van der Waals surface area contributed by atoms with Crippen molar-refractivity contribution in [3.63, 3.8) is 0 Å². The Balaban J connectivity index is 1.96. The highest BCUT2D eigenvalue weighted by Crippen LogP contribution is 2.09. The molecule has 0 radical (unpaired) electrons. The topological polar surface area (TPSA) is 81.4 Å². The van der Waals surface area contributed by atoms with Gasteiger partial charge < -0.3 is 24.4 Å². The standard InChI is InChI=1S/C17H25N5O3/c1-4-7-18-17(19-13-15(23)20(2)3)22-10-8-21(9-11-22)16(24)14-6-5-12-25-14/h4-6,12H,1,7-11,13H2,2-3H3,(H,18,19). The maximum absolute atomic E-state index is 12.3. The number of rotatable bonds is 5. The summed E-state index contributed by atoms with van der Waals surface area (Å²) >= 11 is 0. The Morgan fingerprint density at radius 1 is 1.32 bits per heavy atom. The van der Waals surface area contributed by atoms with Gasteiger partial charge in [0.15, 0.2) is 11.7 Å². The number of furan rings is 1. The average Bonchev–Trinajstić information content (AvgIpc) is 3.15. The number of carbonyl (C=O) groups excluding carboxylic acids is 2. The monoisotopic (exact) mass is 347 g/mol. The van der Waals surface area contributed by atoms with E-state index < -0.39 is 0 Å². The molecule has 0 aromatic carbocycles. The van der Waals surface area contributed by atoms with Crippen molar-refractivity contribution in [2.75, 3.05) is 53.4 Å². The lowest BCUT2D eigenvalue weighted by atomic mass is 10.3. The number of nitrogens with zero attached hydrogens (tertiary/aromatic N) is 4. The molecule has 0 bridgehead atoms. The summed E-state index contributed by atoms with van der Waals surface area (Å²) in [7, 11) is 3.40. The van der Waals surface area contributed by atoms with Crippen LogP contribution in [0.2, 0.25) is 0 Å². The fourth-order valence-electron chi connectivity index (χ4n) is 2.39. The zero-order valence-corrected chi connectivity index (χ0v) is 14.8. The highest BCUT2D eigenvalue weighted by atomic mass is 16.3. The van der Waals surface area contributed by atoms with Gasteiger partial charge in [-0.2, -0.15) is 0 Å². The van der Waals surface area contributed by atoms with E-state index >= 15 is 0 Å². The Morgan fingerprint density at radius 2 is 2.00 bits per heavy atom. The Labute approximate surface area is 147 Å². The summed E-state index contributed by atoms with van der Waals surface area (Å²) in [5.41, 5.74) is 0. The third-order valence-electron chi connectivity index (χ3n) is 3.87. The van der Waals surface area contributed by atoms with Gasteiger partial charge in [-0.25, -0.2) is 4.99 Å². The largest absolute Gasteiger partial charge is 0.459 e. The summed E-state index contributed by atoms with van der Waals surface area (Å²) in [4.78, 5) is 33.8. The zero-order chi connectivity index (χ0) is 18.2. The van der Waals surface area contributed by atoms with Crippen molar-refractivity contribution in [2.24, 2.45) is 4.99 Å². The van der Waals surface area contributed by atoms with E-state index in [1.165, 1.54) is 11.2 Å². The van der Waals surface area contributed by atoms with Crippen LogP contribution in [0.15, 0.2) is 40.5 Å². The van der Waals surface area contributed by atoms with Crippen LogP contribution in [0.1, 0.15) is 10.6 Å². The van der Waals surface area contributed by atoms with Gasteiger partial charge >= 0.3 is 0 Å². The van der Waals surface area contributed by atoms with E-state index in [0.717, 1.165) is 0 Å². The van der Waals surface area contributed by atoms with Crippen LogP contribution >= 0.6 is 0 Å². The lowest BCUT2D eigenvalue weighted by molar-refractivity contribution is -0.127. The van der Waals surface area contributed by atoms with Gasteiger partial charge in [-0.3, -0.25) is 9.59 Å². The molecular formula is C17H25N5O3. The first-order valence-corrected chi connectivity index (χ1v) is 8.20. The summed E-state index contributed by atoms with van der Waals surface area (Å²) in [5.74, 6) is 0.832. The zero-order valence-electron chi connectivity index (χ0n) is 14.8. The number of hydrogen-bond acceptors (Lipinski definition) is 4. The highest BCUT2D eigenvalue weighted by Gasteiger charge is 2.25. The normalized spacial score (nSPS) is 15.0. The molecule has 0 saturated carbocycles. The Morgan fingerprint density at radius 3 is 2.56 bits per heavy atom. The molecule has 2 amide bonds. The van der Waals surface area contributed by atoms with E-state index in [0.29, 0.717) is 44.4 Å². The van der Waals surface area contributed by atoms with E-state index in [4.69, 9.17) is 4.42 Å². The summed E-state index contributed by atoms with van der Waals surface area (Å²) in [6.07, 6.45) is 3.23. The Kier molecular flexibility index (Phi) is 6.62. The number of guanidine groups is 1. The minimum absolute atomic E-state index is 0.0652. The first kappa shape index (κ1) is 18.6. The Bertz CT molecular complexity index is 616. The predicted octanol–water partition coefficient (Wildman–Crippen LogP) is 0.257. The van der Waals surface area contributed by atoms with E-state index in [1.54, 1.807) is 37.2 Å². The van der Waals surface area contributed by atoms with E-state index in [2.05, 4.69) is 16.9 Å². The maximum Gasteiger partial charge on any atom is 0.289 e. The van der Waals surface area contributed by atoms with Crippen molar-refractivity contribution in [1.29, 1.82) is 0 Å². The highest BCUT2D eigenvalue weighted by molar-refractivity contribution is 5.91. The van der Waals surface area contributed by atoms with Crippen LogP contribution in [0.25, 0.3) is 0 Å². The third-order valence-corrected chi connectivity index (χ3v) is 3.87. The minimum Gasteiger partial charge on any atom is -0.459 e. The van der Waals surface area contributed by atoms with Crippen molar-refractivity contribution in [1.82, 2.24) is 20.0 Å².